The monoisotopic (exact) mass is 360 g/mol. The second-order valence-corrected chi connectivity index (χ2v) is 7.84. The maximum absolute atomic E-state index is 12.8. The van der Waals surface area contributed by atoms with Crippen molar-refractivity contribution in [3.8, 4) is 0 Å². The summed E-state index contributed by atoms with van der Waals surface area (Å²) in [5.74, 6) is -0.586. The molecule has 2 saturated heterocycles. The van der Waals surface area contributed by atoms with Crippen LogP contribution in [0.5, 0.6) is 0 Å². The fraction of sp³-hybridized carbons (Fsp3) is 0.562. The molecule has 0 spiro atoms. The molecule has 1 aromatic carbocycles. The first-order valence-electron chi connectivity index (χ1n) is 7.88. The van der Waals surface area contributed by atoms with Crippen LogP contribution in [0.25, 0.3) is 0 Å². The zero-order valence-corrected chi connectivity index (χ0v) is 14.0. The van der Waals surface area contributed by atoms with E-state index in [0.717, 1.165) is 31.7 Å². The van der Waals surface area contributed by atoms with E-state index in [2.05, 4.69) is 17.3 Å². The van der Waals surface area contributed by atoms with Gasteiger partial charge in [-0.2, -0.15) is 13.2 Å². The highest BCUT2D eigenvalue weighted by Gasteiger charge is 2.41. The molecule has 4 nitrogen and oxygen atoms in total. The number of nitrogens with zero attached hydrogens (tertiary/aromatic N) is 1. The zero-order chi connectivity index (χ0) is 17.5. The van der Waals surface area contributed by atoms with E-state index in [1.807, 2.05) is 0 Å². The number of nitrogens with one attached hydrogen (secondary N) is 1. The number of piperidine rings is 1. The molecule has 1 N–H and O–H groups in total. The van der Waals surface area contributed by atoms with Crippen molar-refractivity contribution in [2.75, 3.05) is 7.05 Å². The molecule has 2 aliphatic heterocycles. The molecule has 0 radical (unpaired) electrons. The molecule has 3 unspecified atom stereocenters. The Morgan fingerprint density at radius 2 is 1.79 bits per heavy atom. The van der Waals surface area contributed by atoms with Crippen molar-refractivity contribution in [2.24, 2.45) is 0 Å². The number of hydrogen-bond acceptors (Lipinski definition) is 3. The van der Waals surface area contributed by atoms with Gasteiger partial charge in [0.2, 0.25) is 0 Å². The average molecular weight is 360 g/mol. The van der Waals surface area contributed by atoms with Crippen LogP contribution in [0.15, 0.2) is 29.2 Å². The van der Waals surface area contributed by atoms with E-state index < -0.39 is 27.1 Å². The lowest BCUT2D eigenvalue weighted by Gasteiger charge is -2.36. The van der Waals surface area contributed by atoms with Gasteiger partial charge >= 0.3 is 5.51 Å². The second kappa shape index (κ2) is 6.48. The molecular weight excluding hydrogens is 341 g/mol. The van der Waals surface area contributed by atoms with Crippen LogP contribution in [0.3, 0.4) is 0 Å². The predicted octanol–water partition coefficient (Wildman–Crippen LogP) is 2.67. The van der Waals surface area contributed by atoms with Crippen LogP contribution in [0.1, 0.15) is 36.0 Å². The number of rotatable bonds is 3. The summed E-state index contributed by atoms with van der Waals surface area (Å²) in [5, 5.41) is 2.84. The van der Waals surface area contributed by atoms with Crippen molar-refractivity contribution in [1.82, 2.24) is 10.2 Å². The molecule has 1 amide bonds. The highest BCUT2D eigenvalue weighted by molar-refractivity contribution is 7.86. The van der Waals surface area contributed by atoms with E-state index in [1.165, 1.54) is 18.2 Å². The molecule has 3 rings (SSSR count). The Labute approximate surface area is 140 Å². The lowest BCUT2D eigenvalue weighted by atomic mass is 9.97. The van der Waals surface area contributed by atoms with Crippen LogP contribution < -0.4 is 5.32 Å². The minimum Gasteiger partial charge on any atom is -0.349 e. The Kier molecular flexibility index (Phi) is 4.70. The van der Waals surface area contributed by atoms with Gasteiger partial charge < -0.3 is 10.2 Å². The minimum atomic E-state index is -4.89. The van der Waals surface area contributed by atoms with Crippen LogP contribution in [0, 0.1) is 0 Å². The van der Waals surface area contributed by atoms with Crippen molar-refractivity contribution in [3.63, 3.8) is 0 Å². The fourth-order valence-corrected chi connectivity index (χ4v) is 4.55. The zero-order valence-electron chi connectivity index (χ0n) is 13.2. The second-order valence-electron chi connectivity index (χ2n) is 6.40. The maximum Gasteiger partial charge on any atom is 0.475 e. The van der Waals surface area contributed by atoms with Crippen molar-refractivity contribution in [1.29, 1.82) is 0 Å². The molecule has 1 aromatic rings. The van der Waals surface area contributed by atoms with Crippen molar-refractivity contribution >= 4 is 16.7 Å². The van der Waals surface area contributed by atoms with Gasteiger partial charge in [-0.05, 0) is 44.9 Å². The lowest BCUT2D eigenvalue weighted by molar-refractivity contribution is -0.0384. The van der Waals surface area contributed by atoms with E-state index in [4.69, 9.17) is 0 Å². The number of benzene rings is 1. The van der Waals surface area contributed by atoms with Crippen molar-refractivity contribution in [3.05, 3.63) is 29.8 Å². The topological polar surface area (TPSA) is 49.4 Å². The Morgan fingerprint density at radius 3 is 2.38 bits per heavy atom. The number of hydrogen-bond donors (Lipinski definition) is 1. The van der Waals surface area contributed by atoms with Gasteiger partial charge in [0.25, 0.3) is 5.91 Å². The molecule has 0 saturated carbocycles. The van der Waals surface area contributed by atoms with Crippen LogP contribution in [0.2, 0.25) is 0 Å². The first-order chi connectivity index (χ1) is 11.3. The molecule has 2 bridgehead atoms. The fourth-order valence-electron chi connectivity index (χ4n) is 3.73. The molecule has 2 heterocycles. The number of alkyl halides is 3. The van der Waals surface area contributed by atoms with Crippen LogP contribution in [0.4, 0.5) is 13.2 Å². The standard InChI is InChI=1S/C16H19F3N2O2S/c1-21-11-6-7-12(21)9-10(8-11)20-15(22)13-4-2-3-5-14(13)24(23)16(17,18)19/h2-5,10-12H,6-9H2,1H3,(H,20,22). The molecule has 0 aliphatic carbocycles. The summed E-state index contributed by atoms with van der Waals surface area (Å²) in [6.07, 6.45) is 3.76. The summed E-state index contributed by atoms with van der Waals surface area (Å²) in [4.78, 5) is 14.3. The van der Waals surface area contributed by atoms with Gasteiger partial charge in [0.1, 0.15) is 0 Å². The molecule has 2 fully saturated rings. The number of amides is 1. The summed E-state index contributed by atoms with van der Waals surface area (Å²) < 4.78 is 49.9. The third-order valence-corrected chi connectivity index (χ3v) is 6.15. The van der Waals surface area contributed by atoms with Gasteiger partial charge in [-0.25, -0.2) is 4.21 Å². The van der Waals surface area contributed by atoms with E-state index in [0.29, 0.717) is 12.1 Å². The largest absolute Gasteiger partial charge is 0.475 e. The van der Waals surface area contributed by atoms with Crippen LogP contribution in [-0.2, 0) is 10.8 Å². The first-order valence-corrected chi connectivity index (χ1v) is 9.02. The molecular formula is C16H19F3N2O2S. The molecule has 24 heavy (non-hydrogen) atoms. The van der Waals surface area contributed by atoms with Gasteiger partial charge in [-0.15, -0.1) is 0 Å². The number of fused-ring (bicyclic) bond motifs is 2. The molecule has 0 aromatic heterocycles. The maximum atomic E-state index is 12.8. The van der Waals surface area contributed by atoms with Gasteiger partial charge in [0.05, 0.1) is 10.5 Å². The predicted molar refractivity (Wildman–Crippen MR) is 84.0 cm³/mol. The summed E-state index contributed by atoms with van der Waals surface area (Å²) >= 11 is 0. The Balaban J connectivity index is 1.76. The third-order valence-electron chi connectivity index (χ3n) is 4.98. The molecule has 3 atom stereocenters. The number of halogens is 3. The highest BCUT2D eigenvalue weighted by atomic mass is 32.2. The first kappa shape index (κ1) is 17.4. The normalized spacial score (nSPS) is 28.6. The van der Waals surface area contributed by atoms with Crippen molar-refractivity contribution in [2.45, 2.75) is 54.2 Å². The Morgan fingerprint density at radius 1 is 1.21 bits per heavy atom. The highest BCUT2D eigenvalue weighted by Crippen LogP contribution is 2.34. The van der Waals surface area contributed by atoms with Gasteiger partial charge in [0.15, 0.2) is 10.8 Å². The molecule has 132 valence electrons. The van der Waals surface area contributed by atoms with Gasteiger partial charge in [0, 0.05) is 18.1 Å². The van der Waals surface area contributed by atoms with Crippen LogP contribution >= 0.6 is 0 Å². The number of carbonyl (C=O) groups excluding carboxylic acids is 1. The van der Waals surface area contributed by atoms with Gasteiger partial charge in [-0.1, -0.05) is 12.1 Å². The van der Waals surface area contributed by atoms with E-state index in [9.17, 15) is 22.2 Å². The summed E-state index contributed by atoms with van der Waals surface area (Å²) in [6, 6.07) is 5.98. The quantitative estimate of drug-likeness (QED) is 0.902. The van der Waals surface area contributed by atoms with Gasteiger partial charge in [-0.3, -0.25) is 4.79 Å². The summed E-state index contributed by atoms with van der Waals surface area (Å²) in [5.41, 5.74) is -5.05. The minimum absolute atomic E-state index is 0.0569. The lowest BCUT2D eigenvalue weighted by Crippen LogP contribution is -2.48. The SMILES string of the molecule is CN1C2CCC1CC(NC(=O)c1ccccc1S(=O)C(F)(F)F)C2. The van der Waals surface area contributed by atoms with E-state index >= 15 is 0 Å². The van der Waals surface area contributed by atoms with Crippen molar-refractivity contribution < 1.29 is 22.2 Å². The summed E-state index contributed by atoms with van der Waals surface area (Å²) in [6.45, 7) is 0. The average Bonchev–Trinajstić information content (AvgIpc) is 2.74. The molecule has 2 aliphatic rings. The smallest absolute Gasteiger partial charge is 0.349 e. The Bertz CT molecular complexity index is 651. The summed E-state index contributed by atoms with van der Waals surface area (Å²) in [7, 11) is -1.14. The van der Waals surface area contributed by atoms with E-state index in [1.54, 1.807) is 0 Å². The van der Waals surface area contributed by atoms with E-state index in [-0.39, 0.29) is 11.6 Å². The van der Waals surface area contributed by atoms with Crippen LogP contribution in [-0.4, -0.2) is 45.7 Å². The third kappa shape index (κ3) is 3.35. The molecule has 8 heteroatoms. The Hall–Kier alpha value is -1.41. The number of carbonyl (C=O) groups is 1.